The molecule has 32 heavy (non-hydrogen) atoms. The van der Waals surface area contributed by atoms with Gasteiger partial charge < -0.3 is 21.7 Å². The number of benzene rings is 4. The molecule has 0 radical (unpaired) electrons. The Morgan fingerprint density at radius 3 is 1.56 bits per heavy atom. The normalized spacial score (nSPS) is 10.8. The van der Waals surface area contributed by atoms with Crippen LogP contribution in [0.2, 0.25) is 0 Å². The van der Waals surface area contributed by atoms with Gasteiger partial charge in [-0.05, 0) is 42.5 Å². The largest absolute Gasteiger partial charge is 1.00 e. The Hall–Kier alpha value is -3.01. The summed E-state index contributed by atoms with van der Waals surface area (Å²) in [5.74, 6) is 0.543. The minimum atomic E-state index is -2.10. The smallest absolute Gasteiger partial charge is 0.273 e. The Balaban J connectivity index is 0.00000289. The minimum absolute atomic E-state index is 0. The maximum absolute atomic E-state index is 11.3. The van der Waals surface area contributed by atoms with Crippen molar-refractivity contribution in [1.29, 1.82) is 0 Å². The second kappa shape index (κ2) is 10.5. The molecule has 0 aliphatic rings. The average Bonchev–Trinajstić information content (AvgIpc) is 2.84. The fourth-order valence-corrected chi connectivity index (χ4v) is 8.26. The average molecular weight is 508 g/mol. The van der Waals surface area contributed by atoms with Crippen molar-refractivity contribution >= 4 is 28.9 Å². The molecule has 0 bridgehead atoms. The summed E-state index contributed by atoms with van der Waals surface area (Å²) >= 11 is 0. The predicted molar refractivity (Wildman–Crippen MR) is 129 cm³/mol. The maximum atomic E-state index is 11.3. The maximum Gasteiger partial charge on any atom is 0.273 e. The fraction of sp³-hybridized carbons (Fsp3) is 0.0769. The number of nitro benzene ring substituents is 1. The van der Waals surface area contributed by atoms with Crippen LogP contribution in [0.3, 0.4) is 0 Å². The summed E-state index contributed by atoms with van der Waals surface area (Å²) in [6.45, 7) is 0. The third-order valence-electron chi connectivity index (χ3n) is 5.48. The molecule has 0 saturated carbocycles. The number of methoxy groups -OCH3 is 1. The number of halogens is 1. The first-order valence-electron chi connectivity index (χ1n) is 10.0. The first-order chi connectivity index (χ1) is 15.1. The van der Waals surface area contributed by atoms with E-state index in [2.05, 4.69) is 72.8 Å². The molecule has 0 aliphatic heterocycles. The summed E-state index contributed by atoms with van der Waals surface area (Å²) in [5.41, 5.74) is 0.988. The van der Waals surface area contributed by atoms with Crippen molar-refractivity contribution in [2.75, 3.05) is 7.11 Å². The molecule has 4 aromatic carbocycles. The van der Waals surface area contributed by atoms with E-state index in [0.717, 1.165) is 5.56 Å². The van der Waals surface area contributed by atoms with Gasteiger partial charge in [0.05, 0.1) is 18.1 Å². The number of hydrogen-bond donors (Lipinski definition) is 0. The van der Waals surface area contributed by atoms with Gasteiger partial charge in [0.2, 0.25) is 0 Å². The Morgan fingerprint density at radius 1 is 0.750 bits per heavy atom. The van der Waals surface area contributed by atoms with Crippen molar-refractivity contribution in [3.8, 4) is 5.75 Å². The number of non-ortho nitro benzene ring substituents is 1. The van der Waals surface area contributed by atoms with Gasteiger partial charge in [0.1, 0.15) is 35.1 Å². The lowest BCUT2D eigenvalue weighted by Gasteiger charge is -2.28. The van der Waals surface area contributed by atoms with Crippen molar-refractivity contribution in [2.24, 2.45) is 0 Å². The predicted octanol–water partition coefficient (Wildman–Crippen LogP) is 2.10. The third kappa shape index (κ3) is 4.59. The first-order valence-corrected chi connectivity index (χ1v) is 12.0. The van der Waals surface area contributed by atoms with Crippen LogP contribution in [0, 0.1) is 10.1 Å². The molecule has 0 aromatic heterocycles. The fourth-order valence-electron chi connectivity index (χ4n) is 4.00. The third-order valence-corrected chi connectivity index (χ3v) is 9.83. The number of nitrogens with zero attached hydrogens (tertiary/aromatic N) is 1. The van der Waals surface area contributed by atoms with Gasteiger partial charge in [-0.2, -0.15) is 0 Å². The van der Waals surface area contributed by atoms with E-state index in [9.17, 15) is 10.1 Å². The van der Waals surface area contributed by atoms with Crippen molar-refractivity contribution in [3.63, 3.8) is 0 Å². The molecule has 4 nitrogen and oxygen atoms in total. The van der Waals surface area contributed by atoms with E-state index in [1.807, 2.05) is 24.3 Å². The molecule has 162 valence electrons. The molecule has 0 fully saturated rings. The van der Waals surface area contributed by atoms with Crippen molar-refractivity contribution in [3.05, 3.63) is 125 Å². The molecular weight excluding hydrogens is 485 g/mol. The Bertz CT molecular complexity index is 1070. The lowest BCUT2D eigenvalue weighted by Crippen LogP contribution is -3.00. The molecule has 0 amide bonds. The molecule has 0 spiro atoms. The molecule has 0 saturated heterocycles. The highest BCUT2D eigenvalue weighted by molar-refractivity contribution is 7.95. The van der Waals surface area contributed by atoms with Crippen LogP contribution in [-0.4, -0.2) is 12.0 Å². The molecule has 4 aromatic rings. The van der Waals surface area contributed by atoms with Crippen LogP contribution in [0.5, 0.6) is 5.75 Å². The van der Waals surface area contributed by atoms with Crippen molar-refractivity contribution < 1.29 is 26.6 Å². The van der Waals surface area contributed by atoms with E-state index in [1.54, 1.807) is 13.2 Å². The van der Waals surface area contributed by atoms with Gasteiger partial charge in [-0.3, -0.25) is 10.1 Å². The second-order valence-corrected chi connectivity index (χ2v) is 10.7. The van der Waals surface area contributed by atoms with Crippen LogP contribution in [-0.2, 0) is 6.16 Å². The van der Waals surface area contributed by atoms with Crippen molar-refractivity contribution in [2.45, 2.75) is 6.16 Å². The van der Waals surface area contributed by atoms with Gasteiger partial charge in [0, 0.05) is 11.6 Å². The summed E-state index contributed by atoms with van der Waals surface area (Å²) in [6, 6.07) is 36.6. The van der Waals surface area contributed by atoms with Gasteiger partial charge in [-0.15, -0.1) is 0 Å². The van der Waals surface area contributed by atoms with Crippen LogP contribution in [0.1, 0.15) is 5.56 Å². The van der Waals surface area contributed by atoms with Crippen LogP contribution < -0.4 is 37.6 Å². The Labute approximate surface area is 199 Å². The Morgan fingerprint density at radius 2 is 1.19 bits per heavy atom. The zero-order valence-corrected chi connectivity index (χ0v) is 20.1. The van der Waals surface area contributed by atoms with E-state index < -0.39 is 7.26 Å². The molecule has 0 unspecified atom stereocenters. The molecule has 0 heterocycles. The van der Waals surface area contributed by atoms with Gasteiger partial charge >= 0.3 is 0 Å². The second-order valence-electron chi connectivity index (χ2n) is 7.23. The van der Waals surface area contributed by atoms with E-state index >= 15 is 0 Å². The number of rotatable bonds is 7. The van der Waals surface area contributed by atoms with E-state index in [1.165, 1.54) is 22.0 Å². The Kier molecular flexibility index (Phi) is 7.79. The van der Waals surface area contributed by atoms with E-state index in [4.69, 9.17) is 4.74 Å². The first kappa shape index (κ1) is 23.6. The number of nitro groups is 1. The molecule has 0 atom stereocenters. The highest BCUT2D eigenvalue weighted by Gasteiger charge is 2.46. The summed E-state index contributed by atoms with van der Waals surface area (Å²) in [7, 11) is -0.538. The molecule has 0 N–H and O–H groups in total. The van der Waals surface area contributed by atoms with Gasteiger partial charge in [0.25, 0.3) is 5.69 Å². The highest BCUT2D eigenvalue weighted by atomic mass is 79.9. The summed E-state index contributed by atoms with van der Waals surface area (Å²) in [5, 5.41) is 15.1. The van der Waals surface area contributed by atoms with E-state index in [-0.39, 0.29) is 27.6 Å². The van der Waals surface area contributed by atoms with Crippen LogP contribution in [0.25, 0.3) is 0 Å². The number of ether oxygens (including phenoxy) is 1. The zero-order chi connectivity index (χ0) is 21.7. The zero-order valence-electron chi connectivity index (χ0n) is 17.6. The molecular formula is C26H23BrNO3P. The van der Waals surface area contributed by atoms with E-state index in [0.29, 0.717) is 11.9 Å². The molecule has 0 aliphatic carbocycles. The standard InChI is InChI=1S/C26H23NO3P.BrH/c1-30-26-19-22(27(28)29)18-17-21(26)20-31(23-11-5-2-6-12-23,24-13-7-3-8-14-24)25-15-9-4-10-16-25;/h2-19H,20H2,1H3;1H/q+1;/p-1. The quantitative estimate of drug-likeness (QED) is 0.218. The van der Waals surface area contributed by atoms with Gasteiger partial charge in [0.15, 0.2) is 0 Å². The lowest BCUT2D eigenvalue weighted by molar-refractivity contribution is -0.384. The summed E-state index contributed by atoms with van der Waals surface area (Å²) in [6.07, 6.45) is 0.701. The molecule has 4 rings (SSSR count). The number of hydrogen-bond acceptors (Lipinski definition) is 3. The monoisotopic (exact) mass is 507 g/mol. The van der Waals surface area contributed by atoms with Gasteiger partial charge in [-0.25, -0.2) is 0 Å². The van der Waals surface area contributed by atoms with Crippen LogP contribution in [0.15, 0.2) is 109 Å². The summed E-state index contributed by atoms with van der Waals surface area (Å²) in [4.78, 5) is 10.9. The topological polar surface area (TPSA) is 52.4 Å². The lowest BCUT2D eigenvalue weighted by atomic mass is 10.2. The minimum Gasteiger partial charge on any atom is -1.00 e. The molecule has 6 heteroatoms. The van der Waals surface area contributed by atoms with Crippen LogP contribution >= 0.6 is 7.26 Å². The highest BCUT2D eigenvalue weighted by Crippen LogP contribution is 2.59. The van der Waals surface area contributed by atoms with Crippen molar-refractivity contribution in [1.82, 2.24) is 0 Å². The summed E-state index contributed by atoms with van der Waals surface area (Å²) < 4.78 is 5.60. The van der Waals surface area contributed by atoms with Gasteiger partial charge in [-0.1, -0.05) is 54.6 Å². The van der Waals surface area contributed by atoms with Crippen LogP contribution in [0.4, 0.5) is 5.69 Å². The SMILES string of the molecule is COc1cc([N+](=O)[O-])ccc1C[P+](c1ccccc1)(c1ccccc1)c1ccccc1.[Br-].